The van der Waals surface area contributed by atoms with E-state index in [1.165, 1.54) is 0 Å². The van der Waals surface area contributed by atoms with Gasteiger partial charge in [-0.05, 0) is 49.6 Å². The zero-order valence-corrected chi connectivity index (χ0v) is 15.8. The SMILES string of the molecule is CC(C)Oc1ccc(C(=O)NNC(=O)COc2cccc3ccccc23)cc1. The Hall–Kier alpha value is -3.54. The molecule has 0 saturated carbocycles. The second-order valence-electron chi connectivity index (χ2n) is 6.46. The predicted octanol–water partition coefficient (Wildman–Crippen LogP) is 3.47. The lowest BCUT2D eigenvalue weighted by Gasteiger charge is -2.11. The van der Waals surface area contributed by atoms with Gasteiger partial charge in [0.25, 0.3) is 11.8 Å². The van der Waals surface area contributed by atoms with Crippen LogP contribution >= 0.6 is 0 Å². The lowest BCUT2D eigenvalue weighted by atomic mass is 10.1. The van der Waals surface area contributed by atoms with Gasteiger partial charge in [0.15, 0.2) is 6.61 Å². The molecule has 3 aromatic carbocycles. The van der Waals surface area contributed by atoms with E-state index in [4.69, 9.17) is 9.47 Å². The average molecular weight is 378 g/mol. The van der Waals surface area contributed by atoms with E-state index >= 15 is 0 Å². The number of nitrogens with one attached hydrogen (secondary N) is 2. The van der Waals surface area contributed by atoms with Crippen LogP contribution in [0, 0.1) is 0 Å². The molecule has 0 radical (unpaired) electrons. The van der Waals surface area contributed by atoms with Crippen molar-refractivity contribution in [3.63, 3.8) is 0 Å². The van der Waals surface area contributed by atoms with Gasteiger partial charge in [0.1, 0.15) is 11.5 Å². The molecule has 0 aliphatic rings. The summed E-state index contributed by atoms with van der Waals surface area (Å²) in [7, 11) is 0. The number of amides is 2. The number of benzene rings is 3. The van der Waals surface area contributed by atoms with Gasteiger partial charge in [-0.2, -0.15) is 0 Å². The maximum absolute atomic E-state index is 12.1. The zero-order chi connectivity index (χ0) is 19.9. The first-order chi connectivity index (χ1) is 13.5. The Labute approximate surface area is 163 Å². The number of carbonyl (C=O) groups excluding carboxylic acids is 2. The summed E-state index contributed by atoms with van der Waals surface area (Å²) in [5.74, 6) is 0.412. The normalized spacial score (nSPS) is 10.5. The van der Waals surface area contributed by atoms with Gasteiger partial charge in [-0.3, -0.25) is 20.4 Å². The van der Waals surface area contributed by atoms with Gasteiger partial charge in [-0.15, -0.1) is 0 Å². The fourth-order valence-corrected chi connectivity index (χ4v) is 2.66. The maximum Gasteiger partial charge on any atom is 0.276 e. The van der Waals surface area contributed by atoms with Gasteiger partial charge < -0.3 is 9.47 Å². The number of hydrogen-bond donors (Lipinski definition) is 2. The summed E-state index contributed by atoms with van der Waals surface area (Å²) in [5, 5.41) is 1.95. The molecule has 3 aromatic rings. The molecule has 0 spiro atoms. The summed E-state index contributed by atoms with van der Waals surface area (Å²) in [5.41, 5.74) is 5.13. The predicted molar refractivity (Wildman–Crippen MR) is 107 cm³/mol. The van der Waals surface area contributed by atoms with E-state index in [0.29, 0.717) is 17.1 Å². The largest absolute Gasteiger partial charge is 0.491 e. The van der Waals surface area contributed by atoms with Gasteiger partial charge in [0, 0.05) is 10.9 Å². The van der Waals surface area contributed by atoms with Crippen molar-refractivity contribution < 1.29 is 19.1 Å². The molecular weight excluding hydrogens is 356 g/mol. The van der Waals surface area contributed by atoms with Crippen LogP contribution in [-0.2, 0) is 4.79 Å². The number of fused-ring (bicyclic) bond motifs is 1. The van der Waals surface area contributed by atoms with Crippen LogP contribution < -0.4 is 20.3 Å². The van der Waals surface area contributed by atoms with Crippen molar-refractivity contribution in [3.05, 3.63) is 72.3 Å². The number of ether oxygens (including phenoxy) is 2. The summed E-state index contributed by atoms with van der Waals surface area (Å²) in [4.78, 5) is 24.1. The molecule has 6 nitrogen and oxygen atoms in total. The van der Waals surface area contributed by atoms with Gasteiger partial charge in [-0.25, -0.2) is 0 Å². The van der Waals surface area contributed by atoms with Crippen LogP contribution in [0.4, 0.5) is 0 Å². The topological polar surface area (TPSA) is 76.7 Å². The van der Waals surface area contributed by atoms with Crippen molar-refractivity contribution in [2.24, 2.45) is 0 Å². The van der Waals surface area contributed by atoms with Crippen molar-refractivity contribution >= 4 is 22.6 Å². The maximum atomic E-state index is 12.1. The van der Waals surface area contributed by atoms with Crippen LogP contribution in [0.3, 0.4) is 0 Å². The zero-order valence-electron chi connectivity index (χ0n) is 15.8. The average Bonchev–Trinajstić information content (AvgIpc) is 2.70. The highest BCUT2D eigenvalue weighted by Crippen LogP contribution is 2.24. The van der Waals surface area contributed by atoms with Gasteiger partial charge in [0.05, 0.1) is 6.10 Å². The molecule has 0 bridgehead atoms. The van der Waals surface area contributed by atoms with E-state index in [2.05, 4.69) is 10.9 Å². The van der Waals surface area contributed by atoms with Gasteiger partial charge in [0.2, 0.25) is 0 Å². The summed E-state index contributed by atoms with van der Waals surface area (Å²) in [6, 6.07) is 20.1. The molecule has 2 amide bonds. The van der Waals surface area contributed by atoms with Crippen molar-refractivity contribution in [1.29, 1.82) is 0 Å². The van der Waals surface area contributed by atoms with Crippen LogP contribution in [0.15, 0.2) is 66.7 Å². The quantitative estimate of drug-likeness (QED) is 0.644. The molecule has 0 aromatic heterocycles. The van der Waals surface area contributed by atoms with E-state index in [0.717, 1.165) is 10.8 Å². The van der Waals surface area contributed by atoms with Crippen molar-refractivity contribution in [3.8, 4) is 11.5 Å². The highest BCUT2D eigenvalue weighted by atomic mass is 16.5. The molecule has 0 aliphatic carbocycles. The summed E-state index contributed by atoms with van der Waals surface area (Å²) < 4.78 is 11.1. The standard InChI is InChI=1S/C22H22N2O4/c1-15(2)28-18-12-10-17(11-13-18)22(26)24-23-21(25)14-27-20-9-5-7-16-6-3-4-8-19(16)20/h3-13,15H,14H2,1-2H3,(H,23,25)(H,24,26). The third-order valence-electron chi connectivity index (χ3n) is 3.91. The lowest BCUT2D eigenvalue weighted by Crippen LogP contribution is -2.43. The molecule has 28 heavy (non-hydrogen) atoms. The smallest absolute Gasteiger partial charge is 0.276 e. The number of hydrazine groups is 1. The van der Waals surface area contributed by atoms with Crippen LogP contribution in [0.1, 0.15) is 24.2 Å². The number of rotatable bonds is 6. The van der Waals surface area contributed by atoms with Gasteiger partial charge >= 0.3 is 0 Å². The molecular formula is C22H22N2O4. The second-order valence-corrected chi connectivity index (χ2v) is 6.46. The van der Waals surface area contributed by atoms with E-state index < -0.39 is 11.8 Å². The molecule has 0 atom stereocenters. The van der Waals surface area contributed by atoms with Gasteiger partial charge in [-0.1, -0.05) is 36.4 Å². The highest BCUT2D eigenvalue weighted by molar-refractivity contribution is 5.95. The van der Waals surface area contributed by atoms with E-state index in [1.54, 1.807) is 30.3 Å². The third kappa shape index (κ3) is 5.01. The molecule has 144 valence electrons. The molecule has 0 heterocycles. The Bertz CT molecular complexity index is 962. The molecule has 2 N–H and O–H groups in total. The minimum atomic E-state index is -0.457. The van der Waals surface area contributed by atoms with Crippen LogP contribution in [-0.4, -0.2) is 24.5 Å². The first-order valence-electron chi connectivity index (χ1n) is 8.99. The number of hydrogen-bond acceptors (Lipinski definition) is 4. The van der Waals surface area contributed by atoms with E-state index in [9.17, 15) is 9.59 Å². The molecule has 3 rings (SSSR count). The van der Waals surface area contributed by atoms with Crippen LogP contribution in [0.2, 0.25) is 0 Å². The Kier molecular flexibility index (Phi) is 6.11. The van der Waals surface area contributed by atoms with Crippen LogP contribution in [0.5, 0.6) is 11.5 Å². The van der Waals surface area contributed by atoms with Crippen molar-refractivity contribution in [1.82, 2.24) is 10.9 Å². The first-order valence-corrected chi connectivity index (χ1v) is 8.99. The van der Waals surface area contributed by atoms with E-state index in [1.807, 2.05) is 50.2 Å². The summed E-state index contributed by atoms with van der Waals surface area (Å²) >= 11 is 0. The van der Waals surface area contributed by atoms with E-state index in [-0.39, 0.29) is 12.7 Å². The number of carbonyl (C=O) groups is 2. The second kappa shape index (κ2) is 8.90. The van der Waals surface area contributed by atoms with Crippen molar-refractivity contribution in [2.45, 2.75) is 20.0 Å². The minimum Gasteiger partial charge on any atom is -0.491 e. The molecule has 0 unspecified atom stereocenters. The summed E-state index contributed by atoms with van der Waals surface area (Å²) in [6.45, 7) is 3.64. The Balaban J connectivity index is 1.50. The van der Waals surface area contributed by atoms with Crippen LogP contribution in [0.25, 0.3) is 10.8 Å². The Morgan fingerprint density at radius 1 is 0.893 bits per heavy atom. The highest BCUT2D eigenvalue weighted by Gasteiger charge is 2.09. The monoisotopic (exact) mass is 378 g/mol. The Morgan fingerprint density at radius 2 is 1.61 bits per heavy atom. The molecule has 0 saturated heterocycles. The lowest BCUT2D eigenvalue weighted by molar-refractivity contribution is -0.123. The summed E-state index contributed by atoms with van der Waals surface area (Å²) in [6.07, 6.45) is 0.0562. The first kappa shape index (κ1) is 19.2. The molecule has 0 aliphatic heterocycles. The fourth-order valence-electron chi connectivity index (χ4n) is 2.66. The molecule has 6 heteroatoms. The Morgan fingerprint density at radius 3 is 2.36 bits per heavy atom. The van der Waals surface area contributed by atoms with Crippen molar-refractivity contribution in [2.75, 3.05) is 6.61 Å². The fraction of sp³-hybridized carbons (Fsp3) is 0.182. The third-order valence-corrected chi connectivity index (χ3v) is 3.91. The molecule has 0 fully saturated rings. The minimum absolute atomic E-state index is 0.0562.